The van der Waals surface area contributed by atoms with Crippen molar-refractivity contribution in [2.45, 2.75) is 77.0 Å². The van der Waals surface area contributed by atoms with E-state index in [9.17, 15) is 4.79 Å². The van der Waals surface area contributed by atoms with Gasteiger partial charge in [0.15, 0.2) is 0 Å². The third-order valence-electron chi connectivity index (χ3n) is 4.61. The van der Waals surface area contributed by atoms with Gasteiger partial charge in [0, 0.05) is 24.7 Å². The van der Waals surface area contributed by atoms with Crippen molar-refractivity contribution >= 4 is 6.09 Å². The van der Waals surface area contributed by atoms with Crippen LogP contribution in [0.2, 0.25) is 0 Å². The van der Waals surface area contributed by atoms with Crippen molar-refractivity contribution in [3.8, 4) is 0 Å². The predicted molar refractivity (Wildman–Crippen MR) is 76.2 cm³/mol. The molecule has 0 spiro atoms. The van der Waals surface area contributed by atoms with E-state index in [1.807, 2.05) is 0 Å². The summed E-state index contributed by atoms with van der Waals surface area (Å²) in [6.07, 6.45) is 6.40. The van der Waals surface area contributed by atoms with Gasteiger partial charge >= 0.3 is 6.09 Å². The number of ether oxygens (including phenoxy) is 1. The first-order valence-corrected chi connectivity index (χ1v) is 7.71. The third kappa shape index (κ3) is 4.10. The lowest BCUT2D eigenvalue weighted by atomic mass is 9.89. The molecule has 0 aromatic heterocycles. The number of nitrogens with one attached hydrogen (secondary N) is 1. The summed E-state index contributed by atoms with van der Waals surface area (Å²) in [6.45, 7) is 8.70. The number of carbonyl (C=O) groups excluding carboxylic acids is 1. The summed E-state index contributed by atoms with van der Waals surface area (Å²) in [5, 5.41) is 3.09. The topological polar surface area (TPSA) is 41.6 Å². The zero-order chi connectivity index (χ0) is 13.9. The second-order valence-corrected chi connectivity index (χ2v) is 6.63. The molecule has 1 heterocycles. The van der Waals surface area contributed by atoms with Gasteiger partial charge in [-0.25, -0.2) is 4.79 Å². The van der Waals surface area contributed by atoms with Crippen molar-refractivity contribution in [2.75, 3.05) is 13.1 Å². The van der Waals surface area contributed by atoms with E-state index in [-0.39, 0.29) is 17.7 Å². The third-order valence-corrected chi connectivity index (χ3v) is 4.61. The minimum atomic E-state index is -0.215. The maximum atomic E-state index is 11.9. The molecule has 2 fully saturated rings. The van der Waals surface area contributed by atoms with Crippen LogP contribution in [0.25, 0.3) is 0 Å². The number of rotatable bonds is 3. The van der Waals surface area contributed by atoms with E-state index in [1.54, 1.807) is 0 Å². The molecule has 0 unspecified atom stereocenters. The van der Waals surface area contributed by atoms with Gasteiger partial charge < -0.3 is 15.0 Å². The molecule has 4 heteroatoms. The zero-order valence-electron chi connectivity index (χ0n) is 12.6. The minimum absolute atomic E-state index is 0.0962. The average molecular weight is 268 g/mol. The van der Waals surface area contributed by atoms with Gasteiger partial charge in [-0.15, -0.1) is 0 Å². The van der Waals surface area contributed by atoms with Crippen LogP contribution in [0.3, 0.4) is 0 Å². The normalized spacial score (nSPS) is 24.6. The van der Waals surface area contributed by atoms with E-state index < -0.39 is 0 Å². The molecule has 0 bridgehead atoms. The van der Waals surface area contributed by atoms with Gasteiger partial charge in [-0.3, -0.25) is 0 Å². The first kappa shape index (κ1) is 14.6. The summed E-state index contributed by atoms with van der Waals surface area (Å²) >= 11 is 0. The Bertz CT molecular complexity index is 303. The summed E-state index contributed by atoms with van der Waals surface area (Å²) in [4.78, 5) is 14.4. The largest absolute Gasteiger partial charge is 0.446 e. The van der Waals surface area contributed by atoms with Crippen molar-refractivity contribution in [3.05, 3.63) is 0 Å². The quantitative estimate of drug-likeness (QED) is 0.855. The van der Waals surface area contributed by atoms with Crippen LogP contribution in [-0.2, 0) is 4.74 Å². The van der Waals surface area contributed by atoms with Crippen LogP contribution in [-0.4, -0.2) is 41.8 Å². The fraction of sp³-hybridized carbons (Fsp3) is 0.933. The smallest absolute Gasteiger partial charge is 0.407 e. The monoisotopic (exact) mass is 268 g/mol. The Labute approximate surface area is 116 Å². The van der Waals surface area contributed by atoms with Crippen molar-refractivity contribution in [3.63, 3.8) is 0 Å². The molecule has 0 aromatic carbocycles. The van der Waals surface area contributed by atoms with Crippen molar-refractivity contribution < 1.29 is 9.53 Å². The number of piperidine rings is 1. The Morgan fingerprint density at radius 1 is 1.26 bits per heavy atom. The lowest BCUT2D eigenvalue weighted by Gasteiger charge is -2.41. The van der Waals surface area contributed by atoms with Gasteiger partial charge in [0.1, 0.15) is 6.10 Å². The maximum Gasteiger partial charge on any atom is 0.407 e. The molecule has 1 amide bonds. The van der Waals surface area contributed by atoms with Gasteiger partial charge in [0.2, 0.25) is 0 Å². The Morgan fingerprint density at radius 3 is 2.37 bits per heavy atom. The molecular formula is C15H28N2O2. The highest BCUT2D eigenvalue weighted by Gasteiger charge is 2.33. The van der Waals surface area contributed by atoms with Gasteiger partial charge in [-0.1, -0.05) is 0 Å². The fourth-order valence-electron chi connectivity index (χ4n) is 3.09. The van der Waals surface area contributed by atoms with Gasteiger partial charge in [0.05, 0.1) is 0 Å². The van der Waals surface area contributed by atoms with Crippen LogP contribution in [0.1, 0.15) is 59.3 Å². The molecule has 2 aliphatic rings. The molecule has 1 aliphatic carbocycles. The maximum absolute atomic E-state index is 11.9. The highest BCUT2D eigenvalue weighted by molar-refractivity contribution is 5.68. The zero-order valence-corrected chi connectivity index (χ0v) is 12.6. The van der Waals surface area contributed by atoms with Gasteiger partial charge in [-0.2, -0.15) is 0 Å². The number of carbonyl (C=O) groups is 1. The van der Waals surface area contributed by atoms with Crippen LogP contribution < -0.4 is 5.32 Å². The Balaban J connectivity index is 1.76. The number of alkyl carbamates (subject to hydrolysis) is 1. The Hall–Kier alpha value is -0.770. The molecule has 1 N–H and O–H groups in total. The highest BCUT2D eigenvalue weighted by Crippen LogP contribution is 2.25. The van der Waals surface area contributed by atoms with Gasteiger partial charge in [-0.05, 0) is 59.3 Å². The fourth-order valence-corrected chi connectivity index (χ4v) is 3.09. The molecule has 19 heavy (non-hydrogen) atoms. The molecule has 0 atom stereocenters. The van der Waals surface area contributed by atoms with Crippen molar-refractivity contribution in [2.24, 2.45) is 0 Å². The first-order valence-electron chi connectivity index (χ1n) is 7.71. The summed E-state index contributed by atoms with van der Waals surface area (Å²) in [6, 6.07) is 0.593. The molecule has 0 radical (unpaired) electrons. The van der Waals surface area contributed by atoms with Crippen LogP contribution in [0, 0.1) is 0 Å². The number of nitrogens with zero attached hydrogens (tertiary/aromatic N) is 1. The lowest BCUT2D eigenvalue weighted by molar-refractivity contribution is 0.0750. The summed E-state index contributed by atoms with van der Waals surface area (Å²) in [5.41, 5.74) is -0.0962. The molecule has 110 valence electrons. The van der Waals surface area contributed by atoms with E-state index in [4.69, 9.17) is 4.74 Å². The van der Waals surface area contributed by atoms with E-state index in [2.05, 4.69) is 31.0 Å². The number of hydrogen-bond acceptors (Lipinski definition) is 3. The summed E-state index contributed by atoms with van der Waals surface area (Å²) < 4.78 is 5.49. The highest BCUT2D eigenvalue weighted by atomic mass is 16.6. The minimum Gasteiger partial charge on any atom is -0.446 e. The average Bonchev–Trinajstić information content (AvgIpc) is 2.81. The first-order chi connectivity index (χ1) is 8.98. The summed E-state index contributed by atoms with van der Waals surface area (Å²) in [7, 11) is 0. The number of likely N-dealkylation sites (tertiary alicyclic amines) is 1. The number of amides is 1. The van der Waals surface area contributed by atoms with Crippen molar-refractivity contribution in [1.29, 1.82) is 0 Å². The van der Waals surface area contributed by atoms with E-state index in [1.165, 1.54) is 12.8 Å². The summed E-state index contributed by atoms with van der Waals surface area (Å²) in [5.74, 6) is 0. The van der Waals surface area contributed by atoms with Crippen LogP contribution in [0.4, 0.5) is 4.79 Å². The van der Waals surface area contributed by atoms with Gasteiger partial charge in [0.25, 0.3) is 0 Å². The molecule has 1 saturated heterocycles. The van der Waals surface area contributed by atoms with Crippen LogP contribution >= 0.6 is 0 Å². The Kier molecular flexibility index (Phi) is 4.71. The molecular weight excluding hydrogens is 240 g/mol. The second kappa shape index (κ2) is 6.12. The van der Waals surface area contributed by atoms with E-state index >= 15 is 0 Å². The molecule has 4 nitrogen and oxygen atoms in total. The molecule has 1 saturated carbocycles. The predicted octanol–water partition coefficient (Wildman–Crippen LogP) is 2.92. The molecule has 2 rings (SSSR count). The molecule has 0 aromatic rings. The van der Waals surface area contributed by atoms with Crippen molar-refractivity contribution in [1.82, 2.24) is 10.2 Å². The van der Waals surface area contributed by atoms with E-state index in [0.717, 1.165) is 38.8 Å². The number of hydrogen-bond donors (Lipinski definition) is 1. The SMILES string of the molecule is CC(C)N1CCC(C)(NC(=O)OC2CCCC2)CC1. The Morgan fingerprint density at radius 2 is 1.84 bits per heavy atom. The van der Waals surface area contributed by atoms with Crippen LogP contribution in [0.5, 0.6) is 0 Å². The molecule has 1 aliphatic heterocycles. The van der Waals surface area contributed by atoms with E-state index in [0.29, 0.717) is 6.04 Å². The standard InChI is InChI=1S/C15H28N2O2/c1-12(2)17-10-8-15(3,9-11-17)16-14(18)19-13-6-4-5-7-13/h12-13H,4-11H2,1-3H3,(H,16,18). The second-order valence-electron chi connectivity index (χ2n) is 6.63. The van der Waals surface area contributed by atoms with Crippen LogP contribution in [0.15, 0.2) is 0 Å². The lowest BCUT2D eigenvalue weighted by Crippen LogP contribution is -2.54.